The number of nitrogens with zero attached hydrogens (tertiary/aromatic N) is 3. The van der Waals surface area contributed by atoms with Crippen LogP contribution in [0.2, 0.25) is 15.1 Å². The van der Waals surface area contributed by atoms with E-state index in [2.05, 4.69) is 5.10 Å². The summed E-state index contributed by atoms with van der Waals surface area (Å²) < 4.78 is 46.0. The first kappa shape index (κ1) is 28.7. The van der Waals surface area contributed by atoms with Crippen molar-refractivity contribution in [2.45, 2.75) is 25.4 Å². The summed E-state index contributed by atoms with van der Waals surface area (Å²) in [5.41, 5.74) is 0.839. The highest BCUT2D eigenvalue weighted by atomic mass is 35.5. The zero-order valence-corrected chi connectivity index (χ0v) is 22.3. The van der Waals surface area contributed by atoms with Gasteiger partial charge >= 0.3 is 17.8 Å². The lowest BCUT2D eigenvalue weighted by Gasteiger charge is -2.15. The van der Waals surface area contributed by atoms with Crippen molar-refractivity contribution in [1.82, 2.24) is 14.3 Å². The number of carbonyl (C=O) groups excluding carboxylic acids is 1. The van der Waals surface area contributed by atoms with Gasteiger partial charge in [0.1, 0.15) is 0 Å². The molecule has 1 N–H and O–H groups in total. The van der Waals surface area contributed by atoms with Crippen LogP contribution in [0.4, 0.5) is 13.2 Å². The summed E-state index contributed by atoms with van der Waals surface area (Å²) in [7, 11) is 1.19. The Labute approximate surface area is 234 Å². The molecule has 0 bridgehead atoms. The van der Waals surface area contributed by atoms with Gasteiger partial charge in [0.05, 0.1) is 35.8 Å². The van der Waals surface area contributed by atoms with Crippen LogP contribution in [-0.4, -0.2) is 44.8 Å². The van der Waals surface area contributed by atoms with E-state index in [1.807, 2.05) is 0 Å². The molecule has 4 rings (SSSR count). The fourth-order valence-corrected chi connectivity index (χ4v) is 4.42. The minimum atomic E-state index is -4.97. The van der Waals surface area contributed by atoms with E-state index in [4.69, 9.17) is 39.5 Å². The first-order valence-corrected chi connectivity index (χ1v) is 12.4. The van der Waals surface area contributed by atoms with Crippen molar-refractivity contribution >= 4 is 40.8 Å². The number of aromatic nitrogens is 3. The predicted octanol–water partition coefficient (Wildman–Crippen LogP) is 6.10. The van der Waals surface area contributed by atoms with Gasteiger partial charge in [-0.25, -0.2) is 14.3 Å². The summed E-state index contributed by atoms with van der Waals surface area (Å²) in [6.07, 6.45) is -7.79. The highest BCUT2D eigenvalue weighted by Gasteiger charge is 2.39. The quantitative estimate of drug-likeness (QED) is 0.259. The van der Waals surface area contributed by atoms with E-state index in [9.17, 15) is 27.9 Å². The maximum absolute atomic E-state index is 13.3. The lowest BCUT2D eigenvalue weighted by atomic mass is 9.99. The van der Waals surface area contributed by atoms with E-state index in [1.54, 1.807) is 30.3 Å². The third-order valence-corrected chi connectivity index (χ3v) is 6.92. The maximum atomic E-state index is 13.3. The lowest BCUT2D eigenvalue weighted by Crippen LogP contribution is -2.37. The molecule has 13 heteroatoms. The first-order valence-electron chi connectivity index (χ1n) is 11.2. The molecular formula is C26H19Cl3F3N3O4. The van der Waals surface area contributed by atoms with Crippen molar-refractivity contribution in [2.75, 3.05) is 7.11 Å². The number of halogens is 6. The van der Waals surface area contributed by atoms with Gasteiger partial charge in [0.15, 0.2) is 11.9 Å². The number of benzene rings is 3. The Balaban J connectivity index is 1.85. The normalized spacial score (nSPS) is 12.4. The van der Waals surface area contributed by atoms with E-state index in [0.717, 1.165) is 9.25 Å². The molecule has 4 aromatic rings. The fraction of sp³-hybridized carbons (Fsp3) is 0.192. The summed E-state index contributed by atoms with van der Waals surface area (Å²) in [5.74, 6) is -0.833. The second kappa shape index (κ2) is 11.4. The summed E-state index contributed by atoms with van der Waals surface area (Å²) in [6.45, 7) is -1.41. The number of rotatable bonds is 7. The molecule has 3 aromatic carbocycles. The fourth-order valence-electron chi connectivity index (χ4n) is 3.89. The topological polar surface area (TPSA) is 86.3 Å². The van der Waals surface area contributed by atoms with Crippen LogP contribution in [0.15, 0.2) is 65.5 Å². The van der Waals surface area contributed by atoms with Crippen LogP contribution in [-0.2, 0) is 17.8 Å². The van der Waals surface area contributed by atoms with Gasteiger partial charge < -0.3 is 9.84 Å². The average molecular weight is 601 g/mol. The molecule has 0 aliphatic carbocycles. The molecule has 1 aromatic heterocycles. The average Bonchev–Trinajstić information content (AvgIpc) is 3.19. The smallest absolute Gasteiger partial charge is 0.416 e. The number of aliphatic hydroxyl groups excluding tert-OH is 1. The zero-order valence-electron chi connectivity index (χ0n) is 20.0. The van der Waals surface area contributed by atoms with E-state index in [1.165, 1.54) is 37.4 Å². The lowest BCUT2D eigenvalue weighted by molar-refractivity contribution is -0.207. The standard InChI is InChI=1S/C26H19Cl3F3N3O4/c1-39-24(37)19-10-7-15(18-3-2-4-20(28)22(18)29)11-16(19)12-35-25(38)34(13-21(36)26(30,31)32)23(33-35)14-5-8-17(27)9-6-14/h2-11,21,36H,12-13H2,1H3/t21-/m0/s1. The van der Waals surface area contributed by atoms with Crippen LogP contribution in [0.25, 0.3) is 22.5 Å². The molecule has 0 spiro atoms. The molecule has 0 aliphatic heterocycles. The summed E-state index contributed by atoms with van der Waals surface area (Å²) in [5, 5.41) is 14.9. The van der Waals surface area contributed by atoms with Gasteiger partial charge in [-0.15, -0.1) is 5.10 Å². The molecule has 204 valence electrons. The Morgan fingerprint density at radius 3 is 2.36 bits per heavy atom. The second-order valence-corrected chi connectivity index (χ2v) is 9.63. The number of alkyl halides is 3. The molecule has 0 fully saturated rings. The van der Waals surface area contributed by atoms with Crippen LogP contribution in [0.1, 0.15) is 15.9 Å². The monoisotopic (exact) mass is 599 g/mol. The number of esters is 1. The maximum Gasteiger partial charge on any atom is 0.416 e. The molecule has 0 amide bonds. The summed E-state index contributed by atoms with van der Waals surface area (Å²) in [6, 6.07) is 15.6. The van der Waals surface area contributed by atoms with Crippen molar-refractivity contribution in [2.24, 2.45) is 0 Å². The van der Waals surface area contributed by atoms with Crippen molar-refractivity contribution < 1.29 is 27.8 Å². The van der Waals surface area contributed by atoms with Crippen molar-refractivity contribution in [3.05, 3.63) is 97.3 Å². The Bertz CT molecular complexity index is 1580. The Morgan fingerprint density at radius 2 is 1.72 bits per heavy atom. The van der Waals surface area contributed by atoms with Crippen molar-refractivity contribution in [3.63, 3.8) is 0 Å². The molecule has 39 heavy (non-hydrogen) atoms. The van der Waals surface area contributed by atoms with Gasteiger partial charge in [-0.1, -0.05) is 53.0 Å². The highest BCUT2D eigenvalue weighted by Crippen LogP contribution is 2.34. The number of methoxy groups -OCH3 is 1. The van der Waals surface area contributed by atoms with Gasteiger partial charge in [-0.2, -0.15) is 13.2 Å². The van der Waals surface area contributed by atoms with Gasteiger partial charge in [0.2, 0.25) is 0 Å². The summed E-state index contributed by atoms with van der Waals surface area (Å²) in [4.78, 5) is 25.8. The molecule has 0 radical (unpaired) electrons. The molecular weight excluding hydrogens is 582 g/mol. The van der Waals surface area contributed by atoms with Gasteiger partial charge in [-0.3, -0.25) is 4.57 Å². The number of hydrogen-bond donors (Lipinski definition) is 1. The Kier molecular flexibility index (Phi) is 8.41. The highest BCUT2D eigenvalue weighted by molar-refractivity contribution is 6.43. The number of ether oxygens (including phenoxy) is 1. The molecule has 0 saturated heterocycles. The van der Waals surface area contributed by atoms with E-state index in [0.29, 0.717) is 21.2 Å². The zero-order chi connectivity index (χ0) is 28.5. The second-order valence-electron chi connectivity index (χ2n) is 8.40. The van der Waals surface area contributed by atoms with Gasteiger partial charge in [0.25, 0.3) is 0 Å². The first-order chi connectivity index (χ1) is 18.4. The van der Waals surface area contributed by atoms with Crippen molar-refractivity contribution in [3.8, 4) is 22.5 Å². The van der Waals surface area contributed by atoms with E-state index >= 15 is 0 Å². The third kappa shape index (κ3) is 6.14. The Morgan fingerprint density at radius 1 is 1.05 bits per heavy atom. The molecule has 1 heterocycles. The van der Waals surface area contributed by atoms with E-state index < -0.39 is 30.5 Å². The molecule has 0 aliphatic rings. The number of carbonyl (C=O) groups is 1. The summed E-state index contributed by atoms with van der Waals surface area (Å²) >= 11 is 18.4. The Hall–Kier alpha value is -3.31. The molecule has 0 saturated carbocycles. The molecule has 1 atom stereocenters. The number of aliphatic hydroxyl groups is 1. The van der Waals surface area contributed by atoms with E-state index in [-0.39, 0.29) is 34.1 Å². The molecule has 0 unspecified atom stereocenters. The largest absolute Gasteiger partial charge is 0.465 e. The van der Waals surface area contributed by atoms with Crippen LogP contribution in [0.3, 0.4) is 0 Å². The van der Waals surface area contributed by atoms with Gasteiger partial charge in [-0.05, 0) is 53.6 Å². The molecule has 7 nitrogen and oxygen atoms in total. The van der Waals surface area contributed by atoms with Crippen LogP contribution in [0, 0.1) is 0 Å². The predicted molar refractivity (Wildman–Crippen MR) is 141 cm³/mol. The van der Waals surface area contributed by atoms with Crippen LogP contribution in [0.5, 0.6) is 0 Å². The van der Waals surface area contributed by atoms with Crippen LogP contribution < -0.4 is 5.69 Å². The van der Waals surface area contributed by atoms with Crippen LogP contribution >= 0.6 is 34.8 Å². The van der Waals surface area contributed by atoms with Crippen molar-refractivity contribution in [1.29, 1.82) is 0 Å². The third-order valence-electron chi connectivity index (χ3n) is 5.85. The van der Waals surface area contributed by atoms with Gasteiger partial charge in [0, 0.05) is 16.1 Å². The minimum absolute atomic E-state index is 0.101. The minimum Gasteiger partial charge on any atom is -0.465 e. The SMILES string of the molecule is COC(=O)c1ccc(-c2cccc(Cl)c2Cl)cc1Cn1nc(-c2ccc(Cl)cc2)n(C[C@H](O)C(F)(F)F)c1=O. The number of hydrogen-bond acceptors (Lipinski definition) is 5.